The van der Waals surface area contributed by atoms with E-state index in [4.69, 9.17) is 23.2 Å². The van der Waals surface area contributed by atoms with E-state index < -0.39 is 0 Å². The van der Waals surface area contributed by atoms with Gasteiger partial charge in [0, 0.05) is 10.3 Å². The van der Waals surface area contributed by atoms with Crippen LogP contribution in [0.25, 0.3) is 15.7 Å². The summed E-state index contributed by atoms with van der Waals surface area (Å²) in [5.74, 6) is -0.0883. The Balaban J connectivity index is 1.97. The topological polar surface area (TPSA) is 17.1 Å². The first-order chi connectivity index (χ1) is 10.1. The van der Waals surface area contributed by atoms with Crippen LogP contribution in [0, 0.1) is 0 Å². The zero-order chi connectivity index (χ0) is 15.0. The van der Waals surface area contributed by atoms with Crippen LogP contribution < -0.4 is 0 Å². The minimum atomic E-state index is -0.0883. The molecular weight excluding hydrogens is 323 g/mol. The predicted octanol–water partition coefficient (Wildman–Crippen LogP) is 6.10. The second-order valence-electron chi connectivity index (χ2n) is 4.59. The summed E-state index contributed by atoms with van der Waals surface area (Å²) in [6.07, 6.45) is 0. The van der Waals surface area contributed by atoms with Crippen molar-refractivity contribution >= 4 is 56.0 Å². The Labute approximate surface area is 136 Å². The molecule has 0 aliphatic heterocycles. The maximum Gasteiger partial charge on any atom is 0.202 e. The van der Waals surface area contributed by atoms with E-state index in [0.29, 0.717) is 26.1 Å². The lowest BCUT2D eigenvalue weighted by molar-refractivity contribution is 0.106. The summed E-state index contributed by atoms with van der Waals surface area (Å²) in [5.41, 5.74) is 1.10. The van der Waals surface area contributed by atoms with Crippen LogP contribution in [-0.2, 0) is 0 Å². The zero-order valence-corrected chi connectivity index (χ0v) is 13.2. The highest BCUT2D eigenvalue weighted by Gasteiger charge is 2.16. The quantitative estimate of drug-likeness (QED) is 0.418. The molecule has 0 aliphatic rings. The van der Waals surface area contributed by atoms with Crippen molar-refractivity contribution in [3.05, 3.63) is 75.6 Å². The van der Waals surface area contributed by atoms with Crippen molar-refractivity contribution in [1.82, 2.24) is 0 Å². The second kappa shape index (κ2) is 5.64. The fourth-order valence-electron chi connectivity index (χ4n) is 2.06. The Morgan fingerprint density at radius 3 is 2.48 bits per heavy atom. The van der Waals surface area contributed by atoms with Crippen LogP contribution in [-0.4, -0.2) is 5.78 Å². The third kappa shape index (κ3) is 2.75. The molecule has 0 spiro atoms. The summed E-state index contributed by atoms with van der Waals surface area (Å²) in [4.78, 5) is 13.2. The van der Waals surface area contributed by atoms with Gasteiger partial charge in [-0.05, 0) is 35.2 Å². The molecule has 1 aromatic heterocycles. The first-order valence-corrected chi connectivity index (χ1v) is 7.81. The minimum Gasteiger partial charge on any atom is -0.288 e. The van der Waals surface area contributed by atoms with E-state index in [1.54, 1.807) is 18.2 Å². The molecule has 3 aromatic rings. The average Bonchev–Trinajstić information content (AvgIpc) is 2.92. The molecule has 0 saturated carbocycles. The molecule has 21 heavy (non-hydrogen) atoms. The number of halogens is 2. The fraction of sp³-hybridized carbons (Fsp3) is 0. The molecule has 0 aliphatic carbocycles. The fourth-order valence-corrected chi connectivity index (χ4v) is 3.39. The lowest BCUT2D eigenvalue weighted by atomic mass is 10.0. The SMILES string of the molecule is C=C(C(=O)c1cc2ccccc2s1)c1ccc(Cl)c(Cl)c1. The van der Waals surface area contributed by atoms with Crippen molar-refractivity contribution in [3.63, 3.8) is 0 Å². The second-order valence-corrected chi connectivity index (χ2v) is 6.48. The number of benzene rings is 2. The number of Topliss-reactive ketones (excluding diaryl/α,β-unsaturated/α-hetero) is 1. The number of ketones is 1. The maximum absolute atomic E-state index is 12.5. The largest absolute Gasteiger partial charge is 0.288 e. The summed E-state index contributed by atoms with van der Waals surface area (Å²) in [6.45, 7) is 3.90. The first-order valence-electron chi connectivity index (χ1n) is 6.24. The van der Waals surface area contributed by atoms with Gasteiger partial charge in [-0.25, -0.2) is 0 Å². The lowest BCUT2D eigenvalue weighted by Gasteiger charge is -2.05. The monoisotopic (exact) mass is 332 g/mol. The summed E-state index contributed by atoms with van der Waals surface area (Å²) in [7, 11) is 0. The molecule has 0 fully saturated rings. The van der Waals surface area contributed by atoms with Crippen LogP contribution in [0.5, 0.6) is 0 Å². The number of rotatable bonds is 3. The smallest absolute Gasteiger partial charge is 0.202 e. The van der Waals surface area contributed by atoms with Crippen LogP contribution in [0.1, 0.15) is 15.2 Å². The Morgan fingerprint density at radius 2 is 1.76 bits per heavy atom. The van der Waals surface area contributed by atoms with E-state index in [0.717, 1.165) is 10.1 Å². The van der Waals surface area contributed by atoms with Gasteiger partial charge >= 0.3 is 0 Å². The van der Waals surface area contributed by atoms with Gasteiger partial charge in [0.25, 0.3) is 0 Å². The highest BCUT2D eigenvalue weighted by atomic mass is 35.5. The lowest BCUT2D eigenvalue weighted by Crippen LogP contribution is -1.99. The summed E-state index contributed by atoms with van der Waals surface area (Å²) in [5, 5.41) is 1.94. The van der Waals surface area contributed by atoms with E-state index in [-0.39, 0.29) is 5.78 Å². The molecule has 0 amide bonds. The third-order valence-corrected chi connectivity index (χ3v) is 5.05. The summed E-state index contributed by atoms with van der Waals surface area (Å²) < 4.78 is 1.09. The molecule has 0 unspecified atom stereocenters. The number of carbonyl (C=O) groups is 1. The van der Waals surface area contributed by atoms with Gasteiger partial charge in [-0.15, -0.1) is 11.3 Å². The van der Waals surface area contributed by atoms with E-state index in [2.05, 4.69) is 6.58 Å². The van der Waals surface area contributed by atoms with Crippen LogP contribution in [0.15, 0.2) is 55.1 Å². The normalized spacial score (nSPS) is 10.8. The highest BCUT2D eigenvalue weighted by Crippen LogP contribution is 2.31. The molecule has 2 aromatic carbocycles. The Bertz CT molecular complexity index is 831. The number of allylic oxidation sites excluding steroid dienone is 1. The van der Waals surface area contributed by atoms with Gasteiger partial charge in [0.1, 0.15) is 0 Å². The van der Waals surface area contributed by atoms with E-state index >= 15 is 0 Å². The predicted molar refractivity (Wildman–Crippen MR) is 91.7 cm³/mol. The minimum absolute atomic E-state index is 0.0883. The molecule has 0 N–H and O–H groups in total. The van der Waals surface area contributed by atoms with Gasteiger partial charge < -0.3 is 0 Å². The maximum atomic E-state index is 12.5. The molecule has 1 nitrogen and oxygen atoms in total. The molecule has 0 atom stereocenters. The molecule has 4 heteroatoms. The molecule has 0 bridgehead atoms. The van der Waals surface area contributed by atoms with E-state index in [1.807, 2.05) is 30.3 Å². The van der Waals surface area contributed by atoms with Gasteiger partial charge in [0.15, 0.2) is 0 Å². The van der Waals surface area contributed by atoms with Gasteiger partial charge in [-0.1, -0.05) is 54.0 Å². The van der Waals surface area contributed by atoms with Crippen molar-refractivity contribution in [1.29, 1.82) is 0 Å². The van der Waals surface area contributed by atoms with Crippen molar-refractivity contribution in [2.45, 2.75) is 0 Å². The molecule has 0 saturated heterocycles. The van der Waals surface area contributed by atoms with Crippen molar-refractivity contribution in [3.8, 4) is 0 Å². The van der Waals surface area contributed by atoms with Gasteiger partial charge in [-0.2, -0.15) is 0 Å². The van der Waals surface area contributed by atoms with Crippen molar-refractivity contribution in [2.75, 3.05) is 0 Å². The van der Waals surface area contributed by atoms with Crippen LogP contribution in [0.3, 0.4) is 0 Å². The van der Waals surface area contributed by atoms with Gasteiger partial charge in [0.05, 0.1) is 14.9 Å². The summed E-state index contributed by atoms with van der Waals surface area (Å²) >= 11 is 13.3. The van der Waals surface area contributed by atoms with Crippen molar-refractivity contribution in [2.24, 2.45) is 0 Å². The van der Waals surface area contributed by atoms with E-state index in [9.17, 15) is 4.79 Å². The number of carbonyl (C=O) groups excluding carboxylic acids is 1. The zero-order valence-electron chi connectivity index (χ0n) is 10.9. The van der Waals surface area contributed by atoms with Gasteiger partial charge in [-0.3, -0.25) is 4.79 Å². The average molecular weight is 333 g/mol. The molecule has 3 rings (SSSR count). The standard InChI is InChI=1S/C17H10Cl2OS/c1-10(11-6-7-13(18)14(19)8-11)17(20)16-9-12-4-2-3-5-15(12)21-16/h2-9H,1H2. The van der Waals surface area contributed by atoms with Crippen molar-refractivity contribution < 1.29 is 4.79 Å². The molecular formula is C17H10Cl2OS. The third-order valence-electron chi connectivity index (χ3n) is 3.19. The van der Waals surface area contributed by atoms with E-state index in [1.165, 1.54) is 11.3 Å². The molecule has 0 radical (unpaired) electrons. The molecule has 1 heterocycles. The van der Waals surface area contributed by atoms with Crippen LogP contribution >= 0.6 is 34.5 Å². The van der Waals surface area contributed by atoms with Crippen LogP contribution in [0.4, 0.5) is 0 Å². The number of hydrogen-bond donors (Lipinski definition) is 0. The Kier molecular flexibility index (Phi) is 3.85. The Morgan fingerprint density at radius 1 is 1.00 bits per heavy atom. The number of thiophene rings is 1. The van der Waals surface area contributed by atoms with Gasteiger partial charge in [0.2, 0.25) is 5.78 Å². The number of hydrogen-bond acceptors (Lipinski definition) is 2. The van der Waals surface area contributed by atoms with Crippen LogP contribution in [0.2, 0.25) is 10.0 Å². The molecule has 104 valence electrons. The highest BCUT2D eigenvalue weighted by molar-refractivity contribution is 7.21. The summed E-state index contributed by atoms with van der Waals surface area (Å²) in [6, 6.07) is 14.9. The number of fused-ring (bicyclic) bond motifs is 1. The first kappa shape index (κ1) is 14.3. The Hall–Kier alpha value is -1.61.